The van der Waals surface area contributed by atoms with Gasteiger partial charge in [0.15, 0.2) is 0 Å². The highest BCUT2D eigenvalue weighted by Gasteiger charge is 2.57. The van der Waals surface area contributed by atoms with Gasteiger partial charge in [-0.2, -0.15) is 4.98 Å². The second kappa shape index (κ2) is 4.17. The molecule has 0 N–H and O–H groups in total. The van der Waals surface area contributed by atoms with E-state index >= 15 is 0 Å². The summed E-state index contributed by atoms with van der Waals surface area (Å²) in [5.41, 5.74) is -0.700. The lowest BCUT2D eigenvalue weighted by molar-refractivity contribution is -0.144. The van der Waals surface area contributed by atoms with Gasteiger partial charge in [-0.1, -0.05) is 5.16 Å². The molecule has 1 aliphatic rings. The van der Waals surface area contributed by atoms with Gasteiger partial charge in [0, 0.05) is 0 Å². The highest BCUT2D eigenvalue weighted by molar-refractivity contribution is 9.11. The summed E-state index contributed by atoms with van der Waals surface area (Å²) in [6.07, 6.45) is 1.41. The zero-order valence-corrected chi connectivity index (χ0v) is 11.9. The third-order valence-electron chi connectivity index (χ3n) is 2.96. The van der Waals surface area contributed by atoms with Crippen LogP contribution >= 0.6 is 27.3 Å². The number of methoxy groups -OCH3 is 1. The summed E-state index contributed by atoms with van der Waals surface area (Å²) in [4.78, 5) is 16.9. The number of halogens is 1. The van der Waals surface area contributed by atoms with Crippen LogP contribution in [0.2, 0.25) is 0 Å². The standard InChI is InChI=1S/C11H9BrN2O3S/c1-16-10(15)11(4-5-11)9-13-8(14-17-9)6-2-3-7(12)18-6/h2-3H,4-5H2,1H3. The summed E-state index contributed by atoms with van der Waals surface area (Å²) in [7, 11) is 1.37. The lowest BCUT2D eigenvalue weighted by Gasteiger charge is -2.05. The van der Waals surface area contributed by atoms with Crippen molar-refractivity contribution in [1.82, 2.24) is 10.1 Å². The van der Waals surface area contributed by atoms with E-state index in [-0.39, 0.29) is 5.97 Å². The first kappa shape index (κ1) is 11.9. The first-order valence-electron chi connectivity index (χ1n) is 5.34. The van der Waals surface area contributed by atoms with E-state index in [1.54, 1.807) is 0 Å². The fraction of sp³-hybridized carbons (Fsp3) is 0.364. The first-order chi connectivity index (χ1) is 8.65. The van der Waals surface area contributed by atoms with Gasteiger partial charge in [-0.05, 0) is 40.9 Å². The summed E-state index contributed by atoms with van der Waals surface area (Å²) < 4.78 is 11.0. The normalized spacial score (nSPS) is 16.6. The molecular weight excluding hydrogens is 320 g/mol. The number of rotatable bonds is 3. The van der Waals surface area contributed by atoms with Crippen molar-refractivity contribution in [2.24, 2.45) is 0 Å². The van der Waals surface area contributed by atoms with Crippen LogP contribution in [0.4, 0.5) is 0 Å². The Morgan fingerprint density at radius 2 is 2.33 bits per heavy atom. The summed E-state index contributed by atoms with van der Waals surface area (Å²) in [5.74, 6) is 0.565. The van der Waals surface area contributed by atoms with Crippen molar-refractivity contribution in [3.8, 4) is 10.7 Å². The van der Waals surface area contributed by atoms with Gasteiger partial charge in [0.05, 0.1) is 15.8 Å². The van der Waals surface area contributed by atoms with Crippen LogP contribution < -0.4 is 0 Å². The Morgan fingerprint density at radius 3 is 2.89 bits per heavy atom. The third kappa shape index (κ3) is 1.78. The molecular formula is C11H9BrN2O3S. The van der Waals surface area contributed by atoms with Crippen molar-refractivity contribution in [2.75, 3.05) is 7.11 Å². The van der Waals surface area contributed by atoms with Crippen molar-refractivity contribution in [3.63, 3.8) is 0 Å². The molecule has 0 aromatic carbocycles. The molecule has 3 rings (SSSR count). The number of hydrogen-bond donors (Lipinski definition) is 0. The molecule has 1 saturated carbocycles. The quantitative estimate of drug-likeness (QED) is 0.810. The number of thiophene rings is 1. The van der Waals surface area contributed by atoms with Gasteiger partial charge in [-0.25, -0.2) is 0 Å². The molecule has 7 heteroatoms. The van der Waals surface area contributed by atoms with E-state index in [9.17, 15) is 4.79 Å². The molecule has 0 unspecified atom stereocenters. The molecule has 0 bridgehead atoms. The van der Waals surface area contributed by atoms with Gasteiger partial charge in [0.25, 0.3) is 0 Å². The lowest BCUT2D eigenvalue weighted by atomic mass is 10.1. The van der Waals surface area contributed by atoms with Gasteiger partial charge in [0.2, 0.25) is 11.7 Å². The second-order valence-corrected chi connectivity index (χ2v) is 6.56. The van der Waals surface area contributed by atoms with Crippen molar-refractivity contribution < 1.29 is 14.1 Å². The highest BCUT2D eigenvalue weighted by atomic mass is 79.9. The fourth-order valence-corrected chi connectivity index (χ4v) is 3.09. The average molecular weight is 329 g/mol. The molecule has 2 aromatic heterocycles. The monoisotopic (exact) mass is 328 g/mol. The van der Waals surface area contributed by atoms with Crippen LogP contribution in [-0.4, -0.2) is 23.2 Å². The number of nitrogens with zero attached hydrogens (tertiary/aromatic N) is 2. The maximum atomic E-state index is 11.7. The molecule has 0 amide bonds. The predicted molar refractivity (Wildman–Crippen MR) is 68.2 cm³/mol. The number of esters is 1. The fourth-order valence-electron chi connectivity index (χ4n) is 1.78. The number of hydrogen-bond acceptors (Lipinski definition) is 6. The number of carbonyl (C=O) groups excluding carboxylic acids is 1. The molecule has 0 saturated heterocycles. The van der Waals surface area contributed by atoms with Gasteiger partial charge >= 0.3 is 5.97 Å². The molecule has 2 heterocycles. The van der Waals surface area contributed by atoms with Crippen LogP contribution in [0.3, 0.4) is 0 Å². The van der Waals surface area contributed by atoms with Crippen molar-refractivity contribution in [2.45, 2.75) is 18.3 Å². The Balaban J connectivity index is 1.93. The smallest absolute Gasteiger partial charge is 0.321 e. The van der Waals surface area contributed by atoms with Crippen molar-refractivity contribution in [3.05, 3.63) is 21.8 Å². The zero-order chi connectivity index (χ0) is 12.8. The molecule has 0 radical (unpaired) electrons. The molecule has 1 aliphatic carbocycles. The summed E-state index contributed by atoms with van der Waals surface area (Å²) >= 11 is 4.90. The Morgan fingerprint density at radius 1 is 1.56 bits per heavy atom. The number of carbonyl (C=O) groups is 1. The van der Waals surface area contributed by atoms with Crippen LogP contribution in [0.5, 0.6) is 0 Å². The van der Waals surface area contributed by atoms with E-state index < -0.39 is 5.41 Å². The summed E-state index contributed by atoms with van der Waals surface area (Å²) in [6.45, 7) is 0. The minimum Gasteiger partial charge on any atom is -0.468 e. The van der Waals surface area contributed by atoms with E-state index in [0.717, 1.165) is 8.66 Å². The van der Waals surface area contributed by atoms with Crippen molar-refractivity contribution in [1.29, 1.82) is 0 Å². The van der Waals surface area contributed by atoms with E-state index in [2.05, 4.69) is 26.1 Å². The number of ether oxygens (including phenoxy) is 1. The Labute approximate surface area is 115 Å². The van der Waals surface area contributed by atoms with Gasteiger partial charge < -0.3 is 9.26 Å². The van der Waals surface area contributed by atoms with Gasteiger partial charge in [-0.15, -0.1) is 11.3 Å². The van der Waals surface area contributed by atoms with Crippen LogP contribution in [0.15, 0.2) is 20.4 Å². The van der Waals surface area contributed by atoms with Gasteiger partial charge in [-0.3, -0.25) is 4.79 Å². The van der Waals surface area contributed by atoms with Gasteiger partial charge in [0.1, 0.15) is 5.41 Å². The third-order valence-corrected chi connectivity index (χ3v) is 4.57. The molecule has 0 spiro atoms. The number of aromatic nitrogens is 2. The largest absolute Gasteiger partial charge is 0.468 e. The lowest BCUT2D eigenvalue weighted by Crippen LogP contribution is -2.22. The van der Waals surface area contributed by atoms with E-state index in [1.165, 1.54) is 18.4 Å². The molecule has 5 nitrogen and oxygen atoms in total. The highest BCUT2D eigenvalue weighted by Crippen LogP contribution is 2.48. The van der Waals surface area contributed by atoms with Crippen LogP contribution in [0, 0.1) is 0 Å². The summed E-state index contributed by atoms with van der Waals surface area (Å²) in [6, 6.07) is 3.82. The van der Waals surface area contributed by atoms with E-state index in [1.807, 2.05) is 12.1 Å². The maximum Gasteiger partial charge on any atom is 0.321 e. The minimum atomic E-state index is -0.700. The van der Waals surface area contributed by atoms with E-state index in [0.29, 0.717) is 24.6 Å². The average Bonchev–Trinajstić information content (AvgIpc) is 2.84. The topological polar surface area (TPSA) is 65.2 Å². The molecule has 18 heavy (non-hydrogen) atoms. The Bertz CT molecular complexity index is 603. The van der Waals surface area contributed by atoms with Crippen molar-refractivity contribution >= 4 is 33.2 Å². The zero-order valence-electron chi connectivity index (χ0n) is 9.47. The predicted octanol–water partition coefficient (Wildman–Crippen LogP) is 2.77. The van der Waals surface area contributed by atoms with Crippen LogP contribution in [0.1, 0.15) is 18.7 Å². The molecule has 2 aromatic rings. The maximum absolute atomic E-state index is 11.7. The Hall–Kier alpha value is -1.21. The Kier molecular flexibility index (Phi) is 2.74. The first-order valence-corrected chi connectivity index (χ1v) is 6.95. The van der Waals surface area contributed by atoms with Crippen LogP contribution in [0.25, 0.3) is 10.7 Å². The molecule has 0 aliphatic heterocycles. The van der Waals surface area contributed by atoms with Crippen LogP contribution in [-0.2, 0) is 14.9 Å². The SMILES string of the molecule is COC(=O)C1(c2nc(-c3ccc(Br)s3)no2)CC1. The second-order valence-electron chi connectivity index (χ2n) is 4.10. The molecule has 1 fully saturated rings. The minimum absolute atomic E-state index is 0.301. The van der Waals surface area contributed by atoms with E-state index in [4.69, 9.17) is 9.26 Å². The molecule has 0 atom stereocenters. The summed E-state index contributed by atoms with van der Waals surface area (Å²) in [5, 5.41) is 3.92. The molecule has 94 valence electrons.